The SMILES string of the molecule is COC(=O)NNC(=O)Nc1ccc(S(N)(=O)=O)cc1. The maximum absolute atomic E-state index is 11.3. The molecule has 0 saturated carbocycles. The molecule has 9 nitrogen and oxygen atoms in total. The Morgan fingerprint density at radius 2 is 1.74 bits per heavy atom. The van der Waals surface area contributed by atoms with Crippen LogP contribution < -0.4 is 21.3 Å². The first-order valence-corrected chi connectivity index (χ1v) is 6.41. The van der Waals surface area contributed by atoms with Crippen LogP contribution in [0.25, 0.3) is 0 Å². The molecule has 19 heavy (non-hydrogen) atoms. The van der Waals surface area contributed by atoms with E-state index in [0.29, 0.717) is 5.69 Å². The summed E-state index contributed by atoms with van der Waals surface area (Å²) in [7, 11) is -2.63. The third-order valence-electron chi connectivity index (χ3n) is 1.90. The minimum Gasteiger partial charge on any atom is -0.452 e. The summed E-state index contributed by atoms with van der Waals surface area (Å²) in [6.07, 6.45) is -0.834. The molecule has 1 aromatic rings. The van der Waals surface area contributed by atoms with Gasteiger partial charge in [-0.15, -0.1) is 0 Å². The van der Waals surface area contributed by atoms with Crippen LogP contribution in [0.3, 0.4) is 0 Å². The van der Waals surface area contributed by atoms with Gasteiger partial charge in [0.25, 0.3) is 0 Å². The van der Waals surface area contributed by atoms with Gasteiger partial charge in [0.15, 0.2) is 0 Å². The number of carbonyl (C=O) groups excluding carboxylic acids is 2. The Labute approximate surface area is 109 Å². The van der Waals surface area contributed by atoms with Gasteiger partial charge < -0.3 is 10.1 Å². The molecule has 0 aliphatic heterocycles. The lowest BCUT2D eigenvalue weighted by molar-refractivity contribution is 0.166. The van der Waals surface area contributed by atoms with E-state index in [1.54, 1.807) is 0 Å². The van der Waals surface area contributed by atoms with E-state index in [4.69, 9.17) is 5.14 Å². The fourth-order valence-corrected chi connectivity index (χ4v) is 1.56. The highest BCUT2D eigenvalue weighted by Gasteiger charge is 2.08. The lowest BCUT2D eigenvalue weighted by Gasteiger charge is -2.08. The summed E-state index contributed by atoms with van der Waals surface area (Å²) < 4.78 is 26.2. The summed E-state index contributed by atoms with van der Waals surface area (Å²) in [6, 6.07) is 4.43. The number of hydrogen-bond acceptors (Lipinski definition) is 5. The summed E-state index contributed by atoms with van der Waals surface area (Å²) in [4.78, 5) is 21.9. The molecule has 0 aromatic heterocycles. The fraction of sp³-hybridized carbons (Fsp3) is 0.111. The van der Waals surface area contributed by atoms with Crippen molar-refractivity contribution in [1.82, 2.24) is 10.9 Å². The molecule has 10 heteroatoms. The van der Waals surface area contributed by atoms with E-state index in [-0.39, 0.29) is 4.90 Å². The van der Waals surface area contributed by atoms with Crippen LogP contribution in [0, 0.1) is 0 Å². The monoisotopic (exact) mass is 288 g/mol. The van der Waals surface area contributed by atoms with Crippen molar-refractivity contribution in [2.24, 2.45) is 5.14 Å². The number of methoxy groups -OCH3 is 1. The van der Waals surface area contributed by atoms with Crippen LogP contribution >= 0.6 is 0 Å². The van der Waals surface area contributed by atoms with Crippen LogP contribution in [-0.2, 0) is 14.8 Å². The molecule has 0 radical (unpaired) electrons. The number of anilines is 1. The normalized spacial score (nSPS) is 10.4. The van der Waals surface area contributed by atoms with E-state index >= 15 is 0 Å². The summed E-state index contributed by atoms with van der Waals surface area (Å²) in [6.45, 7) is 0. The largest absolute Gasteiger partial charge is 0.452 e. The standard InChI is InChI=1S/C9H12N4O5S/c1-18-9(15)13-12-8(14)11-6-2-4-7(5-3-6)19(10,16)17/h2-5H,1H3,(H,13,15)(H2,10,16,17)(H2,11,12,14). The van der Waals surface area contributed by atoms with Gasteiger partial charge in [0.2, 0.25) is 10.0 Å². The molecule has 0 saturated heterocycles. The molecule has 3 amide bonds. The number of hydrazine groups is 1. The topological polar surface area (TPSA) is 140 Å². The second-order valence-corrected chi connectivity index (χ2v) is 4.83. The van der Waals surface area contributed by atoms with E-state index in [2.05, 4.69) is 10.1 Å². The molecular formula is C9H12N4O5S. The van der Waals surface area contributed by atoms with Crippen LogP contribution in [0.5, 0.6) is 0 Å². The van der Waals surface area contributed by atoms with E-state index in [1.165, 1.54) is 24.3 Å². The summed E-state index contributed by atoms with van der Waals surface area (Å²) in [5.74, 6) is 0. The van der Waals surface area contributed by atoms with Gasteiger partial charge in [-0.2, -0.15) is 0 Å². The van der Waals surface area contributed by atoms with E-state index in [0.717, 1.165) is 7.11 Å². The van der Waals surface area contributed by atoms with Crippen molar-refractivity contribution in [3.8, 4) is 0 Å². The molecule has 0 atom stereocenters. The van der Waals surface area contributed by atoms with Gasteiger partial charge in [-0.25, -0.2) is 34.0 Å². The average molecular weight is 288 g/mol. The maximum atomic E-state index is 11.3. The smallest absolute Gasteiger partial charge is 0.425 e. The number of rotatable bonds is 2. The Morgan fingerprint density at radius 3 is 2.21 bits per heavy atom. The summed E-state index contributed by atoms with van der Waals surface area (Å²) in [5.41, 5.74) is 4.27. The minimum absolute atomic E-state index is 0.0776. The highest BCUT2D eigenvalue weighted by molar-refractivity contribution is 7.89. The molecule has 0 spiro atoms. The molecular weight excluding hydrogens is 276 g/mol. The first kappa shape index (κ1) is 14.7. The molecule has 0 fully saturated rings. The Hall–Kier alpha value is -2.33. The first-order valence-electron chi connectivity index (χ1n) is 4.87. The number of sulfonamides is 1. The van der Waals surface area contributed by atoms with E-state index < -0.39 is 22.1 Å². The zero-order chi connectivity index (χ0) is 14.5. The molecule has 0 aliphatic rings. The molecule has 104 valence electrons. The number of primary sulfonamides is 1. The second-order valence-electron chi connectivity index (χ2n) is 3.27. The van der Waals surface area contributed by atoms with Gasteiger partial charge in [-0.1, -0.05) is 0 Å². The number of amides is 3. The fourth-order valence-electron chi connectivity index (χ4n) is 1.05. The number of hydrogen-bond donors (Lipinski definition) is 4. The first-order chi connectivity index (χ1) is 8.82. The third kappa shape index (κ3) is 4.81. The maximum Gasteiger partial charge on any atom is 0.425 e. The average Bonchev–Trinajstić information content (AvgIpc) is 2.35. The molecule has 0 unspecified atom stereocenters. The molecule has 0 bridgehead atoms. The van der Waals surface area contributed by atoms with Crippen molar-refractivity contribution in [1.29, 1.82) is 0 Å². The van der Waals surface area contributed by atoms with Crippen molar-refractivity contribution in [3.05, 3.63) is 24.3 Å². The Balaban J connectivity index is 2.59. The third-order valence-corrected chi connectivity index (χ3v) is 2.83. The number of urea groups is 1. The lowest BCUT2D eigenvalue weighted by Crippen LogP contribution is -2.43. The van der Waals surface area contributed by atoms with Gasteiger partial charge in [0.05, 0.1) is 12.0 Å². The lowest BCUT2D eigenvalue weighted by atomic mass is 10.3. The predicted octanol–water partition coefficient (Wildman–Crippen LogP) is -0.273. The van der Waals surface area contributed by atoms with Crippen molar-refractivity contribution in [2.45, 2.75) is 4.90 Å². The van der Waals surface area contributed by atoms with Crippen LogP contribution in [0.4, 0.5) is 15.3 Å². The van der Waals surface area contributed by atoms with Crippen molar-refractivity contribution >= 4 is 27.8 Å². The Kier molecular flexibility index (Phi) is 4.67. The van der Waals surface area contributed by atoms with Crippen LogP contribution in [0.2, 0.25) is 0 Å². The van der Waals surface area contributed by atoms with Gasteiger partial charge in [0, 0.05) is 5.69 Å². The number of nitrogens with one attached hydrogen (secondary N) is 3. The highest BCUT2D eigenvalue weighted by atomic mass is 32.2. The van der Waals surface area contributed by atoms with E-state index in [1.807, 2.05) is 10.9 Å². The zero-order valence-electron chi connectivity index (χ0n) is 9.84. The number of benzene rings is 1. The number of ether oxygens (including phenoxy) is 1. The number of nitrogens with two attached hydrogens (primary N) is 1. The predicted molar refractivity (Wildman–Crippen MR) is 65.5 cm³/mol. The van der Waals surface area contributed by atoms with Crippen molar-refractivity contribution in [3.63, 3.8) is 0 Å². The summed E-state index contributed by atoms with van der Waals surface area (Å²) >= 11 is 0. The van der Waals surface area contributed by atoms with E-state index in [9.17, 15) is 18.0 Å². The van der Waals surface area contributed by atoms with Crippen molar-refractivity contribution < 1.29 is 22.7 Å². The van der Waals surface area contributed by atoms with Gasteiger partial charge in [-0.05, 0) is 24.3 Å². The molecule has 5 N–H and O–H groups in total. The Morgan fingerprint density at radius 1 is 1.16 bits per heavy atom. The van der Waals surface area contributed by atoms with Gasteiger partial charge >= 0.3 is 12.1 Å². The zero-order valence-corrected chi connectivity index (χ0v) is 10.7. The van der Waals surface area contributed by atoms with Gasteiger partial charge in [-0.3, -0.25) is 0 Å². The quantitative estimate of drug-likeness (QED) is 0.554. The van der Waals surface area contributed by atoms with Crippen LogP contribution in [-0.4, -0.2) is 27.7 Å². The molecule has 0 heterocycles. The summed E-state index contributed by atoms with van der Waals surface area (Å²) in [5, 5.41) is 7.26. The Bertz CT molecular complexity index is 569. The number of carbonyl (C=O) groups is 2. The molecule has 1 aromatic carbocycles. The highest BCUT2D eigenvalue weighted by Crippen LogP contribution is 2.12. The molecule has 1 rings (SSSR count). The second kappa shape index (κ2) is 6.02. The van der Waals surface area contributed by atoms with Gasteiger partial charge in [0.1, 0.15) is 0 Å². The van der Waals surface area contributed by atoms with Crippen LogP contribution in [0.1, 0.15) is 0 Å². The van der Waals surface area contributed by atoms with Crippen molar-refractivity contribution in [2.75, 3.05) is 12.4 Å². The minimum atomic E-state index is -3.77. The van der Waals surface area contributed by atoms with Crippen LogP contribution in [0.15, 0.2) is 29.2 Å². The molecule has 0 aliphatic carbocycles.